The minimum atomic E-state index is 1.07. The second kappa shape index (κ2) is 4.46. The second-order valence-corrected chi connectivity index (χ2v) is 6.92. The Balaban J connectivity index is 2.12. The van der Waals surface area contributed by atoms with Crippen LogP contribution < -0.4 is 0 Å². The molecule has 1 heteroatoms. The van der Waals surface area contributed by atoms with Crippen molar-refractivity contribution in [2.75, 3.05) is 0 Å². The lowest BCUT2D eigenvalue weighted by atomic mass is 9.89. The van der Waals surface area contributed by atoms with E-state index in [0.29, 0.717) is 0 Å². The van der Waals surface area contributed by atoms with Gasteiger partial charge in [0, 0.05) is 16.2 Å². The van der Waals surface area contributed by atoms with Gasteiger partial charge < -0.3 is 0 Å². The van der Waals surface area contributed by atoms with E-state index in [4.69, 9.17) is 4.98 Å². The molecule has 0 fully saturated rings. The molecule has 1 heterocycles. The monoisotopic (exact) mass is 317 g/mol. The molecule has 1 aromatic heterocycles. The van der Waals surface area contributed by atoms with Gasteiger partial charge in [0.1, 0.15) is 0 Å². The molecule has 0 atom stereocenters. The van der Waals surface area contributed by atoms with Crippen LogP contribution in [-0.4, -0.2) is 4.98 Å². The standard InChI is InChI=1S/C24H15N/c1-14-9-11-20-19(13-14)23-18-7-3-2-6-16(18)17-8-4-5-15-10-12-21(25-20)24(23)22(15)17/h2-13H,1H3. The van der Waals surface area contributed by atoms with Crippen molar-refractivity contribution in [3.05, 3.63) is 78.4 Å². The molecule has 116 valence electrons. The molecule has 0 aliphatic carbocycles. The van der Waals surface area contributed by atoms with Crippen molar-refractivity contribution in [3.8, 4) is 0 Å². The highest BCUT2D eigenvalue weighted by Gasteiger charge is 2.16. The van der Waals surface area contributed by atoms with Crippen LogP contribution in [0.2, 0.25) is 0 Å². The Kier molecular flexibility index (Phi) is 2.34. The largest absolute Gasteiger partial charge is 0.248 e. The molecule has 0 bridgehead atoms. The average molecular weight is 317 g/mol. The Morgan fingerprint density at radius 3 is 2.24 bits per heavy atom. The fraction of sp³-hybridized carbons (Fsp3) is 0.0417. The highest BCUT2D eigenvalue weighted by atomic mass is 14.7. The van der Waals surface area contributed by atoms with Crippen LogP contribution in [0, 0.1) is 6.92 Å². The summed E-state index contributed by atoms with van der Waals surface area (Å²) in [5, 5.41) is 10.5. The maximum absolute atomic E-state index is 4.98. The molecule has 6 rings (SSSR count). The summed E-state index contributed by atoms with van der Waals surface area (Å²) in [6, 6.07) is 26.3. The van der Waals surface area contributed by atoms with Gasteiger partial charge in [-0.3, -0.25) is 0 Å². The zero-order valence-electron chi connectivity index (χ0n) is 13.9. The minimum absolute atomic E-state index is 1.07. The Morgan fingerprint density at radius 2 is 1.32 bits per heavy atom. The highest BCUT2D eigenvalue weighted by molar-refractivity contribution is 6.37. The van der Waals surface area contributed by atoms with Crippen molar-refractivity contribution >= 4 is 54.1 Å². The second-order valence-electron chi connectivity index (χ2n) is 6.92. The summed E-state index contributed by atoms with van der Waals surface area (Å²) in [7, 11) is 0. The maximum atomic E-state index is 4.98. The van der Waals surface area contributed by atoms with Crippen molar-refractivity contribution in [1.82, 2.24) is 4.98 Å². The normalized spacial score (nSPS) is 12.2. The van der Waals surface area contributed by atoms with E-state index in [2.05, 4.69) is 79.7 Å². The van der Waals surface area contributed by atoms with Gasteiger partial charge in [-0.15, -0.1) is 0 Å². The zero-order chi connectivity index (χ0) is 16.5. The number of aryl methyl sites for hydroxylation is 1. The van der Waals surface area contributed by atoms with E-state index < -0.39 is 0 Å². The summed E-state index contributed by atoms with van der Waals surface area (Å²) in [4.78, 5) is 4.98. The predicted octanol–water partition coefficient (Wildman–Crippen LogP) is 6.59. The number of fused-ring (bicyclic) bond motifs is 5. The predicted molar refractivity (Wildman–Crippen MR) is 108 cm³/mol. The number of nitrogens with zero attached hydrogens (tertiary/aromatic N) is 1. The topological polar surface area (TPSA) is 12.9 Å². The Morgan fingerprint density at radius 1 is 0.560 bits per heavy atom. The van der Waals surface area contributed by atoms with Gasteiger partial charge in [0.05, 0.1) is 11.0 Å². The number of pyridine rings is 1. The summed E-state index contributed by atoms with van der Waals surface area (Å²) in [5.74, 6) is 0. The first kappa shape index (κ1) is 13.1. The lowest BCUT2D eigenvalue weighted by Gasteiger charge is -2.16. The van der Waals surface area contributed by atoms with Gasteiger partial charge in [0.15, 0.2) is 0 Å². The van der Waals surface area contributed by atoms with E-state index in [-0.39, 0.29) is 0 Å². The molecule has 0 aliphatic heterocycles. The summed E-state index contributed by atoms with van der Waals surface area (Å²) in [6.45, 7) is 2.15. The van der Waals surface area contributed by atoms with Gasteiger partial charge in [-0.2, -0.15) is 0 Å². The van der Waals surface area contributed by atoms with E-state index >= 15 is 0 Å². The fourth-order valence-electron chi connectivity index (χ4n) is 4.37. The molecule has 6 aromatic rings. The number of benzene rings is 5. The first-order chi connectivity index (χ1) is 12.3. The minimum Gasteiger partial charge on any atom is -0.248 e. The summed E-state index contributed by atoms with van der Waals surface area (Å²) in [6.07, 6.45) is 0. The zero-order valence-corrected chi connectivity index (χ0v) is 13.9. The summed E-state index contributed by atoms with van der Waals surface area (Å²) >= 11 is 0. The molecule has 0 aliphatic rings. The Labute approximate surface area is 144 Å². The molecule has 25 heavy (non-hydrogen) atoms. The van der Waals surface area contributed by atoms with E-state index in [1.54, 1.807) is 0 Å². The summed E-state index contributed by atoms with van der Waals surface area (Å²) in [5.41, 5.74) is 3.43. The van der Waals surface area contributed by atoms with Crippen molar-refractivity contribution in [2.24, 2.45) is 0 Å². The summed E-state index contributed by atoms with van der Waals surface area (Å²) < 4.78 is 0. The Hall–Kier alpha value is -3.19. The lowest BCUT2D eigenvalue weighted by molar-refractivity contribution is 1.46. The van der Waals surface area contributed by atoms with Gasteiger partial charge in [0.2, 0.25) is 0 Å². The van der Waals surface area contributed by atoms with Crippen LogP contribution in [0.25, 0.3) is 54.1 Å². The first-order valence-electron chi connectivity index (χ1n) is 8.67. The number of hydrogen-bond donors (Lipinski definition) is 0. The number of hydrogen-bond acceptors (Lipinski definition) is 1. The number of rotatable bonds is 0. The maximum Gasteiger partial charge on any atom is 0.0722 e. The van der Waals surface area contributed by atoms with Gasteiger partial charge in [-0.1, -0.05) is 60.2 Å². The molecular weight excluding hydrogens is 302 g/mol. The molecule has 5 aromatic carbocycles. The molecule has 0 saturated heterocycles. The van der Waals surface area contributed by atoms with Crippen LogP contribution in [0.15, 0.2) is 72.8 Å². The lowest BCUT2D eigenvalue weighted by Crippen LogP contribution is -1.91. The van der Waals surface area contributed by atoms with Crippen molar-refractivity contribution < 1.29 is 0 Å². The van der Waals surface area contributed by atoms with Gasteiger partial charge in [0.25, 0.3) is 0 Å². The third-order valence-corrected chi connectivity index (χ3v) is 5.42. The van der Waals surface area contributed by atoms with Crippen LogP contribution in [0.4, 0.5) is 0 Å². The molecule has 1 nitrogen and oxygen atoms in total. The molecule has 0 radical (unpaired) electrons. The van der Waals surface area contributed by atoms with Crippen molar-refractivity contribution in [3.63, 3.8) is 0 Å². The fourth-order valence-corrected chi connectivity index (χ4v) is 4.37. The molecular formula is C24H15N. The van der Waals surface area contributed by atoms with E-state index in [9.17, 15) is 0 Å². The average Bonchev–Trinajstić information content (AvgIpc) is 2.66. The van der Waals surface area contributed by atoms with Crippen LogP contribution in [-0.2, 0) is 0 Å². The Bertz CT molecular complexity index is 1440. The van der Waals surface area contributed by atoms with Crippen LogP contribution in [0.3, 0.4) is 0 Å². The number of aromatic nitrogens is 1. The molecule has 0 spiro atoms. The van der Waals surface area contributed by atoms with Crippen LogP contribution in [0.5, 0.6) is 0 Å². The molecule has 0 unspecified atom stereocenters. The van der Waals surface area contributed by atoms with E-state index in [1.807, 2.05) is 0 Å². The van der Waals surface area contributed by atoms with Crippen molar-refractivity contribution in [2.45, 2.75) is 6.92 Å². The smallest absolute Gasteiger partial charge is 0.0722 e. The third-order valence-electron chi connectivity index (χ3n) is 5.42. The molecule has 0 amide bonds. The first-order valence-corrected chi connectivity index (χ1v) is 8.67. The van der Waals surface area contributed by atoms with Crippen LogP contribution >= 0.6 is 0 Å². The van der Waals surface area contributed by atoms with E-state index in [0.717, 1.165) is 11.0 Å². The SMILES string of the molecule is Cc1ccc2nc3ccc4cccc5c6ccccc6c(c2c1)c3c45. The van der Waals surface area contributed by atoms with Crippen LogP contribution in [0.1, 0.15) is 5.56 Å². The van der Waals surface area contributed by atoms with Crippen molar-refractivity contribution in [1.29, 1.82) is 0 Å². The van der Waals surface area contributed by atoms with E-state index in [1.165, 1.54) is 48.7 Å². The van der Waals surface area contributed by atoms with Gasteiger partial charge in [-0.25, -0.2) is 4.98 Å². The quantitative estimate of drug-likeness (QED) is 0.227. The molecule has 0 N–H and O–H groups in total. The third kappa shape index (κ3) is 1.60. The van der Waals surface area contributed by atoms with Gasteiger partial charge >= 0.3 is 0 Å². The van der Waals surface area contributed by atoms with Gasteiger partial charge in [-0.05, 0) is 52.1 Å². The highest BCUT2D eigenvalue weighted by Crippen LogP contribution is 2.42. The molecule has 0 saturated carbocycles.